The average molecular weight is 264 g/mol. The third kappa shape index (κ3) is 3.47. The van der Waals surface area contributed by atoms with Crippen molar-refractivity contribution in [3.63, 3.8) is 0 Å². The predicted molar refractivity (Wildman–Crippen MR) is 70.1 cm³/mol. The molecule has 19 heavy (non-hydrogen) atoms. The van der Waals surface area contributed by atoms with Gasteiger partial charge in [0.25, 0.3) is 0 Å². The van der Waals surface area contributed by atoms with Crippen LogP contribution >= 0.6 is 0 Å². The smallest absolute Gasteiger partial charge is 0.229 e. The van der Waals surface area contributed by atoms with Gasteiger partial charge in [-0.15, -0.1) is 0 Å². The highest BCUT2D eigenvalue weighted by molar-refractivity contribution is 5.96. The molecule has 0 aromatic rings. The Bertz CT molecular complexity index is 397. The molecule has 0 radical (unpaired) electrons. The molecule has 1 heterocycles. The van der Waals surface area contributed by atoms with E-state index in [1.165, 1.54) is 11.3 Å². The van der Waals surface area contributed by atoms with Gasteiger partial charge in [-0.05, 0) is 17.9 Å². The van der Waals surface area contributed by atoms with Crippen molar-refractivity contribution >= 4 is 11.8 Å². The van der Waals surface area contributed by atoms with Crippen LogP contribution in [0.3, 0.4) is 0 Å². The summed E-state index contributed by atoms with van der Waals surface area (Å²) in [6, 6.07) is -0.286. The summed E-state index contributed by atoms with van der Waals surface area (Å²) >= 11 is 0. The van der Waals surface area contributed by atoms with Crippen LogP contribution in [0.1, 0.15) is 51.4 Å². The van der Waals surface area contributed by atoms with Gasteiger partial charge in [-0.1, -0.05) is 37.2 Å². The summed E-state index contributed by atoms with van der Waals surface area (Å²) in [5.41, 5.74) is 8.66. The van der Waals surface area contributed by atoms with Crippen LogP contribution in [0.4, 0.5) is 0 Å². The zero-order valence-corrected chi connectivity index (χ0v) is 11.1. The second-order valence-corrected chi connectivity index (χ2v) is 5.42. The number of azide groups is 1. The van der Waals surface area contributed by atoms with Crippen molar-refractivity contribution in [2.24, 2.45) is 11.0 Å². The molecule has 1 saturated heterocycles. The third-order valence-electron chi connectivity index (χ3n) is 4.15. The van der Waals surface area contributed by atoms with Gasteiger partial charge in [0.1, 0.15) is 0 Å². The summed E-state index contributed by atoms with van der Waals surface area (Å²) in [5.74, 6) is 0.0325. The van der Waals surface area contributed by atoms with Gasteiger partial charge in [-0.3, -0.25) is 14.5 Å². The van der Waals surface area contributed by atoms with E-state index < -0.39 is 0 Å². The molecule has 1 atom stereocenters. The average Bonchev–Trinajstić information content (AvgIpc) is 2.85. The molecule has 0 aromatic heterocycles. The molecule has 0 spiro atoms. The van der Waals surface area contributed by atoms with E-state index in [0.29, 0.717) is 18.9 Å². The van der Waals surface area contributed by atoms with Gasteiger partial charge in [0.2, 0.25) is 11.8 Å². The fourth-order valence-electron chi connectivity index (χ4n) is 3.09. The van der Waals surface area contributed by atoms with E-state index in [9.17, 15) is 9.59 Å². The Labute approximate surface area is 112 Å². The molecule has 2 amide bonds. The quantitative estimate of drug-likeness (QED) is 0.444. The predicted octanol–water partition coefficient (Wildman–Crippen LogP) is 2.78. The molecule has 6 nitrogen and oxygen atoms in total. The molecule has 0 bridgehead atoms. The Hall–Kier alpha value is -1.55. The maximum absolute atomic E-state index is 12.1. The van der Waals surface area contributed by atoms with Crippen LogP contribution in [0.5, 0.6) is 0 Å². The summed E-state index contributed by atoms with van der Waals surface area (Å²) in [7, 11) is 0. The molecular weight excluding hydrogens is 244 g/mol. The SMILES string of the molecule is [N-]=[N+]=N[C@H](CC(=O)N1CCCC1=O)C1CCCCC1. The van der Waals surface area contributed by atoms with E-state index in [4.69, 9.17) is 5.53 Å². The van der Waals surface area contributed by atoms with Crippen molar-refractivity contribution < 1.29 is 9.59 Å². The summed E-state index contributed by atoms with van der Waals surface area (Å²) < 4.78 is 0. The molecule has 6 heteroatoms. The fraction of sp³-hybridized carbons (Fsp3) is 0.846. The van der Waals surface area contributed by atoms with Crippen LogP contribution < -0.4 is 0 Å². The lowest BCUT2D eigenvalue weighted by Gasteiger charge is -2.27. The van der Waals surface area contributed by atoms with Crippen molar-refractivity contribution in [1.29, 1.82) is 0 Å². The second kappa shape index (κ2) is 6.57. The highest BCUT2D eigenvalue weighted by Crippen LogP contribution is 2.30. The van der Waals surface area contributed by atoms with E-state index in [1.807, 2.05) is 0 Å². The van der Waals surface area contributed by atoms with Crippen LogP contribution in [0.15, 0.2) is 5.11 Å². The summed E-state index contributed by atoms with van der Waals surface area (Å²) in [5, 5.41) is 3.81. The monoisotopic (exact) mass is 264 g/mol. The maximum atomic E-state index is 12.1. The Morgan fingerprint density at radius 1 is 1.37 bits per heavy atom. The fourth-order valence-corrected chi connectivity index (χ4v) is 3.09. The molecule has 2 aliphatic rings. The largest absolute Gasteiger partial charge is 0.283 e. The van der Waals surface area contributed by atoms with Gasteiger partial charge in [-0.25, -0.2) is 0 Å². The topological polar surface area (TPSA) is 86.1 Å². The first-order valence-corrected chi connectivity index (χ1v) is 7.10. The second-order valence-electron chi connectivity index (χ2n) is 5.42. The first-order chi connectivity index (χ1) is 9.22. The third-order valence-corrected chi connectivity index (χ3v) is 4.15. The Balaban J connectivity index is 1.97. The minimum absolute atomic E-state index is 0.0895. The normalized spacial score (nSPS) is 22.1. The molecule has 104 valence electrons. The van der Waals surface area contributed by atoms with Crippen molar-refractivity contribution in [2.75, 3.05) is 6.54 Å². The first kappa shape index (κ1) is 13.9. The molecule has 0 N–H and O–H groups in total. The maximum Gasteiger partial charge on any atom is 0.229 e. The van der Waals surface area contributed by atoms with E-state index >= 15 is 0 Å². The van der Waals surface area contributed by atoms with Crippen molar-refractivity contribution in [3.05, 3.63) is 10.4 Å². The van der Waals surface area contributed by atoms with Crippen LogP contribution in [-0.4, -0.2) is 29.3 Å². The number of hydrogen-bond acceptors (Lipinski definition) is 3. The lowest BCUT2D eigenvalue weighted by molar-refractivity contribution is -0.142. The summed E-state index contributed by atoms with van der Waals surface area (Å²) in [4.78, 5) is 27.8. The molecule has 2 rings (SSSR count). The lowest BCUT2D eigenvalue weighted by Crippen LogP contribution is -2.35. The van der Waals surface area contributed by atoms with Crippen molar-refractivity contribution in [1.82, 2.24) is 4.90 Å². The van der Waals surface area contributed by atoms with Gasteiger partial charge in [-0.2, -0.15) is 0 Å². The van der Waals surface area contributed by atoms with E-state index in [1.54, 1.807) is 0 Å². The number of rotatable bonds is 4. The number of imide groups is 1. The number of carbonyl (C=O) groups is 2. The highest BCUT2D eigenvalue weighted by atomic mass is 16.2. The van der Waals surface area contributed by atoms with Crippen LogP contribution in [0.25, 0.3) is 10.4 Å². The number of hydrogen-bond donors (Lipinski definition) is 0. The van der Waals surface area contributed by atoms with E-state index in [0.717, 1.165) is 32.1 Å². The minimum atomic E-state index is -0.286. The lowest BCUT2D eigenvalue weighted by atomic mass is 9.83. The number of nitrogens with zero attached hydrogens (tertiary/aromatic N) is 4. The van der Waals surface area contributed by atoms with Crippen LogP contribution in [0.2, 0.25) is 0 Å². The van der Waals surface area contributed by atoms with E-state index in [-0.39, 0.29) is 24.3 Å². The van der Waals surface area contributed by atoms with Crippen LogP contribution in [-0.2, 0) is 9.59 Å². The Morgan fingerprint density at radius 2 is 2.11 bits per heavy atom. The van der Waals surface area contributed by atoms with Gasteiger partial charge >= 0.3 is 0 Å². The van der Waals surface area contributed by atoms with Gasteiger partial charge < -0.3 is 0 Å². The highest BCUT2D eigenvalue weighted by Gasteiger charge is 2.31. The molecular formula is C13H20N4O2. The number of likely N-dealkylation sites (tertiary alicyclic amines) is 1. The number of amides is 2. The Kier molecular flexibility index (Phi) is 4.80. The van der Waals surface area contributed by atoms with Crippen molar-refractivity contribution in [3.8, 4) is 0 Å². The molecule has 0 aromatic carbocycles. The molecule has 0 unspecified atom stereocenters. The minimum Gasteiger partial charge on any atom is -0.283 e. The van der Waals surface area contributed by atoms with Gasteiger partial charge in [0.05, 0.1) is 0 Å². The first-order valence-electron chi connectivity index (χ1n) is 7.10. The molecule has 1 aliphatic heterocycles. The zero-order valence-electron chi connectivity index (χ0n) is 11.1. The van der Waals surface area contributed by atoms with Crippen LogP contribution in [0, 0.1) is 5.92 Å². The molecule has 1 aliphatic carbocycles. The molecule has 2 fully saturated rings. The van der Waals surface area contributed by atoms with Crippen molar-refractivity contribution in [2.45, 2.75) is 57.4 Å². The standard InChI is InChI=1S/C13H20N4O2/c14-16-15-11(10-5-2-1-3-6-10)9-13(19)17-8-4-7-12(17)18/h10-11H,1-9H2/t11-/m1/s1. The summed E-state index contributed by atoms with van der Waals surface area (Å²) in [6.45, 7) is 0.519. The van der Waals surface area contributed by atoms with Gasteiger partial charge in [0, 0.05) is 30.3 Å². The number of carbonyl (C=O) groups excluding carboxylic acids is 2. The summed E-state index contributed by atoms with van der Waals surface area (Å²) in [6.07, 6.45) is 6.92. The molecule has 1 saturated carbocycles. The Morgan fingerprint density at radius 3 is 2.68 bits per heavy atom. The van der Waals surface area contributed by atoms with E-state index in [2.05, 4.69) is 10.0 Å². The van der Waals surface area contributed by atoms with Gasteiger partial charge in [0.15, 0.2) is 0 Å². The zero-order chi connectivity index (χ0) is 13.7.